The zero-order valence-electron chi connectivity index (χ0n) is 7.02. The van der Waals surface area contributed by atoms with Crippen LogP contribution in [0.3, 0.4) is 0 Å². The van der Waals surface area contributed by atoms with Gasteiger partial charge in [-0.2, -0.15) is 0 Å². The molecule has 1 unspecified atom stereocenters. The quantitative estimate of drug-likeness (QED) is 0.661. The van der Waals surface area contributed by atoms with Crippen molar-refractivity contribution >= 4 is 0 Å². The smallest absolute Gasteiger partial charge is 0.252 e. The van der Waals surface area contributed by atoms with E-state index in [1.807, 2.05) is 0 Å². The number of rotatable bonds is 2. The molecule has 0 spiro atoms. The summed E-state index contributed by atoms with van der Waals surface area (Å²) in [7, 11) is 0. The minimum absolute atomic E-state index is 0.108. The van der Waals surface area contributed by atoms with E-state index < -0.39 is 5.92 Å². The summed E-state index contributed by atoms with van der Waals surface area (Å²) in [4.78, 5) is 2.13. The third-order valence-corrected chi connectivity index (χ3v) is 2.64. The van der Waals surface area contributed by atoms with Crippen LogP contribution in [-0.4, -0.2) is 43.5 Å². The number of halogens is 2. The van der Waals surface area contributed by atoms with Crippen molar-refractivity contribution in [2.45, 2.75) is 12.3 Å². The lowest BCUT2D eigenvalue weighted by Gasteiger charge is -2.26. The standard InChI is InChI=1S/C8H14F2N2/c9-8(10)5-7(8)6-12-3-1-11-2-4-12/h7,11H,1-6H2. The zero-order valence-corrected chi connectivity index (χ0v) is 7.02. The van der Waals surface area contributed by atoms with Gasteiger partial charge in [0.2, 0.25) is 0 Å². The lowest BCUT2D eigenvalue weighted by molar-refractivity contribution is 0.0853. The molecular formula is C8H14F2N2. The van der Waals surface area contributed by atoms with E-state index in [1.165, 1.54) is 0 Å². The molecule has 1 heterocycles. The van der Waals surface area contributed by atoms with Crippen molar-refractivity contribution in [2.24, 2.45) is 5.92 Å². The van der Waals surface area contributed by atoms with Gasteiger partial charge in [0.1, 0.15) is 0 Å². The second-order valence-corrected chi connectivity index (χ2v) is 3.71. The second-order valence-electron chi connectivity index (χ2n) is 3.71. The Kier molecular flexibility index (Phi) is 2.04. The summed E-state index contributed by atoms with van der Waals surface area (Å²) < 4.78 is 25.0. The Morgan fingerprint density at radius 1 is 1.33 bits per heavy atom. The summed E-state index contributed by atoms with van der Waals surface area (Å²) in [6.07, 6.45) is 0.108. The molecule has 0 amide bonds. The fourth-order valence-corrected chi connectivity index (χ4v) is 1.67. The van der Waals surface area contributed by atoms with Crippen molar-refractivity contribution < 1.29 is 8.78 Å². The summed E-state index contributed by atoms with van der Waals surface area (Å²) in [5.74, 6) is -2.69. The van der Waals surface area contributed by atoms with Crippen LogP contribution >= 0.6 is 0 Å². The molecule has 1 saturated carbocycles. The van der Waals surface area contributed by atoms with Crippen molar-refractivity contribution in [3.05, 3.63) is 0 Å². The molecule has 0 radical (unpaired) electrons. The van der Waals surface area contributed by atoms with Gasteiger partial charge < -0.3 is 10.2 Å². The average molecular weight is 176 g/mol. The Morgan fingerprint density at radius 2 is 1.92 bits per heavy atom. The molecule has 70 valence electrons. The molecule has 1 aliphatic heterocycles. The van der Waals surface area contributed by atoms with Crippen molar-refractivity contribution in [3.63, 3.8) is 0 Å². The van der Waals surface area contributed by atoms with Crippen LogP contribution in [0.5, 0.6) is 0 Å². The molecule has 2 nitrogen and oxygen atoms in total. The van der Waals surface area contributed by atoms with E-state index >= 15 is 0 Å². The normalized spacial score (nSPS) is 35.0. The SMILES string of the molecule is FC1(F)CC1CN1CCNCC1. The fraction of sp³-hybridized carbons (Fsp3) is 1.00. The van der Waals surface area contributed by atoms with Gasteiger partial charge in [0.15, 0.2) is 0 Å². The first-order valence-corrected chi connectivity index (χ1v) is 4.49. The summed E-state index contributed by atoms with van der Waals surface area (Å²) in [6, 6.07) is 0. The number of hydrogen-bond donors (Lipinski definition) is 1. The number of alkyl halides is 2. The summed E-state index contributed by atoms with van der Waals surface area (Å²) in [6.45, 7) is 4.32. The van der Waals surface area contributed by atoms with Crippen LogP contribution in [0.15, 0.2) is 0 Å². The minimum atomic E-state index is -2.34. The van der Waals surface area contributed by atoms with Gasteiger partial charge in [-0.05, 0) is 0 Å². The third kappa shape index (κ3) is 1.75. The summed E-state index contributed by atoms with van der Waals surface area (Å²) >= 11 is 0. The topological polar surface area (TPSA) is 15.3 Å². The van der Waals surface area contributed by atoms with Crippen LogP contribution in [-0.2, 0) is 0 Å². The van der Waals surface area contributed by atoms with E-state index in [1.54, 1.807) is 0 Å². The maximum Gasteiger partial charge on any atom is 0.252 e. The van der Waals surface area contributed by atoms with E-state index in [-0.39, 0.29) is 12.3 Å². The first-order valence-electron chi connectivity index (χ1n) is 4.49. The van der Waals surface area contributed by atoms with Crippen molar-refractivity contribution in [2.75, 3.05) is 32.7 Å². The molecule has 1 saturated heterocycles. The van der Waals surface area contributed by atoms with Gasteiger partial charge in [-0.1, -0.05) is 0 Å². The Morgan fingerprint density at radius 3 is 2.42 bits per heavy atom. The Bertz CT molecular complexity index is 166. The predicted octanol–water partition coefficient (Wildman–Crippen LogP) is 0.547. The highest BCUT2D eigenvalue weighted by Crippen LogP contribution is 2.48. The van der Waals surface area contributed by atoms with Gasteiger partial charge in [-0.25, -0.2) is 8.78 Å². The molecule has 2 aliphatic rings. The van der Waals surface area contributed by atoms with Crippen molar-refractivity contribution in [1.82, 2.24) is 10.2 Å². The van der Waals surface area contributed by atoms with Crippen LogP contribution in [0.25, 0.3) is 0 Å². The molecule has 1 aliphatic carbocycles. The molecule has 0 bridgehead atoms. The van der Waals surface area contributed by atoms with E-state index in [0.717, 1.165) is 26.2 Å². The molecular weight excluding hydrogens is 162 g/mol. The van der Waals surface area contributed by atoms with E-state index in [9.17, 15) is 8.78 Å². The summed E-state index contributed by atoms with van der Waals surface area (Å²) in [5.41, 5.74) is 0. The highest BCUT2D eigenvalue weighted by molar-refractivity contribution is 4.96. The lowest BCUT2D eigenvalue weighted by Crippen LogP contribution is -2.44. The molecule has 0 aromatic carbocycles. The number of hydrogen-bond acceptors (Lipinski definition) is 2. The molecule has 12 heavy (non-hydrogen) atoms. The van der Waals surface area contributed by atoms with E-state index in [0.29, 0.717) is 6.54 Å². The lowest BCUT2D eigenvalue weighted by atomic mass is 10.3. The molecule has 2 rings (SSSR count). The monoisotopic (exact) mass is 176 g/mol. The van der Waals surface area contributed by atoms with Gasteiger partial charge in [-0.3, -0.25) is 0 Å². The van der Waals surface area contributed by atoms with Crippen LogP contribution in [0.1, 0.15) is 6.42 Å². The van der Waals surface area contributed by atoms with Gasteiger partial charge in [0.25, 0.3) is 5.92 Å². The molecule has 1 atom stereocenters. The first kappa shape index (κ1) is 8.38. The molecule has 1 N–H and O–H groups in total. The average Bonchev–Trinajstić information content (AvgIpc) is 2.61. The van der Waals surface area contributed by atoms with E-state index in [2.05, 4.69) is 10.2 Å². The molecule has 0 aromatic rings. The fourth-order valence-electron chi connectivity index (χ4n) is 1.67. The highest BCUT2D eigenvalue weighted by atomic mass is 19.3. The van der Waals surface area contributed by atoms with Gasteiger partial charge in [0, 0.05) is 45.1 Å². The molecule has 2 fully saturated rings. The zero-order chi connectivity index (χ0) is 8.60. The van der Waals surface area contributed by atoms with Gasteiger partial charge in [-0.15, -0.1) is 0 Å². The van der Waals surface area contributed by atoms with Crippen LogP contribution in [0.4, 0.5) is 8.78 Å². The largest absolute Gasteiger partial charge is 0.314 e. The van der Waals surface area contributed by atoms with Gasteiger partial charge in [0.05, 0.1) is 0 Å². The van der Waals surface area contributed by atoms with Crippen molar-refractivity contribution in [1.29, 1.82) is 0 Å². The molecule has 4 heteroatoms. The van der Waals surface area contributed by atoms with Crippen LogP contribution < -0.4 is 5.32 Å². The Balaban J connectivity index is 1.73. The highest BCUT2D eigenvalue weighted by Gasteiger charge is 2.56. The Labute approximate surface area is 70.9 Å². The second kappa shape index (κ2) is 2.92. The van der Waals surface area contributed by atoms with Crippen LogP contribution in [0, 0.1) is 5.92 Å². The van der Waals surface area contributed by atoms with Crippen molar-refractivity contribution in [3.8, 4) is 0 Å². The third-order valence-electron chi connectivity index (χ3n) is 2.64. The van der Waals surface area contributed by atoms with Crippen LogP contribution in [0.2, 0.25) is 0 Å². The maximum absolute atomic E-state index is 12.5. The minimum Gasteiger partial charge on any atom is -0.314 e. The predicted molar refractivity (Wildman–Crippen MR) is 42.4 cm³/mol. The number of nitrogens with zero attached hydrogens (tertiary/aromatic N) is 1. The van der Waals surface area contributed by atoms with E-state index in [4.69, 9.17) is 0 Å². The van der Waals surface area contributed by atoms with Gasteiger partial charge >= 0.3 is 0 Å². The maximum atomic E-state index is 12.5. The first-order chi connectivity index (χ1) is 5.68. The Hall–Kier alpha value is -0.220. The number of nitrogens with one attached hydrogen (secondary N) is 1. The molecule has 0 aromatic heterocycles. The number of piperazine rings is 1. The summed E-state index contributed by atoms with van der Waals surface area (Å²) in [5, 5.41) is 3.20.